The molecule has 0 radical (unpaired) electrons. The molecule has 1 aliphatic rings. The van der Waals surface area contributed by atoms with E-state index in [0.29, 0.717) is 0 Å². The van der Waals surface area contributed by atoms with E-state index in [1.807, 2.05) is 6.07 Å². The Balaban J connectivity index is 2.13. The van der Waals surface area contributed by atoms with Crippen LogP contribution in [-0.2, 0) is 0 Å². The normalized spacial score (nSPS) is 17.8. The summed E-state index contributed by atoms with van der Waals surface area (Å²) < 4.78 is 0. The molecule has 1 nitrogen and oxygen atoms in total. The fraction of sp³-hybridized carbons (Fsp3) is 0.467. The molecular formula is C15H18ClN. The second-order valence-electron chi connectivity index (χ2n) is 5.19. The average Bonchev–Trinajstić information content (AvgIpc) is 2.65. The number of halogens is 1. The highest BCUT2D eigenvalue weighted by molar-refractivity contribution is 6.31. The first-order chi connectivity index (χ1) is 8.25. The van der Waals surface area contributed by atoms with Crippen molar-refractivity contribution in [2.45, 2.75) is 44.9 Å². The fourth-order valence-corrected chi connectivity index (χ4v) is 3.41. The quantitative estimate of drug-likeness (QED) is 0.715. The van der Waals surface area contributed by atoms with Crippen molar-refractivity contribution >= 4 is 22.5 Å². The van der Waals surface area contributed by atoms with E-state index in [2.05, 4.69) is 24.0 Å². The minimum absolute atomic E-state index is 0.732. The molecule has 3 rings (SSSR count). The highest BCUT2D eigenvalue weighted by atomic mass is 35.5. The summed E-state index contributed by atoms with van der Waals surface area (Å²) >= 11 is 6.12. The van der Waals surface area contributed by atoms with Crippen molar-refractivity contribution < 1.29 is 0 Å². The molecule has 1 heterocycles. The van der Waals surface area contributed by atoms with Gasteiger partial charge in [-0.15, -0.1) is 0 Å². The molecule has 17 heavy (non-hydrogen) atoms. The molecule has 0 saturated heterocycles. The van der Waals surface area contributed by atoms with E-state index < -0.39 is 0 Å². The number of aryl methyl sites for hydroxylation is 1. The van der Waals surface area contributed by atoms with Gasteiger partial charge in [-0.2, -0.15) is 0 Å². The number of benzene rings is 1. The van der Waals surface area contributed by atoms with Crippen LogP contribution in [0.4, 0.5) is 0 Å². The van der Waals surface area contributed by atoms with Crippen LogP contribution in [0.3, 0.4) is 0 Å². The monoisotopic (exact) mass is 247 g/mol. The number of aromatic amines is 1. The smallest absolute Gasteiger partial charge is 0.0460 e. The van der Waals surface area contributed by atoms with Crippen molar-refractivity contribution in [1.82, 2.24) is 4.98 Å². The van der Waals surface area contributed by atoms with E-state index in [4.69, 9.17) is 11.6 Å². The molecule has 1 aliphatic carbocycles. The second kappa shape index (κ2) is 4.38. The first-order valence-electron chi connectivity index (χ1n) is 6.53. The number of hydrogen-bond acceptors (Lipinski definition) is 0. The lowest BCUT2D eigenvalue weighted by atomic mass is 9.83. The van der Waals surface area contributed by atoms with Crippen molar-refractivity contribution in [3.8, 4) is 0 Å². The van der Waals surface area contributed by atoms with Gasteiger partial charge in [0.15, 0.2) is 0 Å². The Labute approximate surface area is 107 Å². The molecule has 1 fully saturated rings. The van der Waals surface area contributed by atoms with Crippen LogP contribution in [0.25, 0.3) is 10.9 Å². The van der Waals surface area contributed by atoms with E-state index in [-0.39, 0.29) is 0 Å². The molecule has 1 saturated carbocycles. The zero-order valence-electron chi connectivity index (χ0n) is 10.2. The summed E-state index contributed by atoms with van der Waals surface area (Å²) in [6, 6.07) is 6.17. The fourth-order valence-electron chi connectivity index (χ4n) is 3.24. The third kappa shape index (κ3) is 1.97. The molecule has 0 unspecified atom stereocenters. The van der Waals surface area contributed by atoms with Crippen LogP contribution in [-0.4, -0.2) is 4.98 Å². The van der Waals surface area contributed by atoms with Gasteiger partial charge in [-0.05, 0) is 49.4 Å². The molecule has 1 aromatic carbocycles. The van der Waals surface area contributed by atoms with E-state index in [9.17, 15) is 0 Å². The van der Waals surface area contributed by atoms with Crippen molar-refractivity contribution in [2.75, 3.05) is 0 Å². The largest absolute Gasteiger partial charge is 0.358 e. The first kappa shape index (κ1) is 11.2. The Bertz CT molecular complexity index is 535. The Morgan fingerprint density at radius 2 is 1.94 bits per heavy atom. The van der Waals surface area contributed by atoms with Crippen LogP contribution in [0.2, 0.25) is 5.02 Å². The number of hydrogen-bond donors (Lipinski definition) is 1. The third-order valence-corrected chi connectivity index (χ3v) is 4.25. The van der Waals surface area contributed by atoms with E-state index >= 15 is 0 Å². The number of nitrogens with one attached hydrogen (secondary N) is 1. The summed E-state index contributed by atoms with van der Waals surface area (Å²) in [5.41, 5.74) is 4.07. The molecule has 0 bridgehead atoms. The average molecular weight is 248 g/mol. The molecule has 2 aromatic rings. The summed E-state index contributed by atoms with van der Waals surface area (Å²) in [7, 11) is 0. The number of aromatic nitrogens is 1. The van der Waals surface area contributed by atoms with Gasteiger partial charge in [-0.1, -0.05) is 30.9 Å². The zero-order valence-corrected chi connectivity index (χ0v) is 11.0. The van der Waals surface area contributed by atoms with Crippen molar-refractivity contribution in [3.63, 3.8) is 0 Å². The van der Waals surface area contributed by atoms with Crippen LogP contribution in [0, 0.1) is 6.92 Å². The number of rotatable bonds is 1. The van der Waals surface area contributed by atoms with Crippen molar-refractivity contribution in [2.24, 2.45) is 0 Å². The van der Waals surface area contributed by atoms with Gasteiger partial charge < -0.3 is 4.98 Å². The molecule has 0 atom stereocenters. The zero-order chi connectivity index (χ0) is 11.8. The summed E-state index contributed by atoms with van der Waals surface area (Å²) in [5, 5.41) is 2.18. The van der Waals surface area contributed by atoms with E-state index in [0.717, 1.165) is 10.9 Å². The van der Waals surface area contributed by atoms with Gasteiger partial charge in [0, 0.05) is 21.6 Å². The van der Waals surface area contributed by atoms with Crippen molar-refractivity contribution in [3.05, 3.63) is 34.5 Å². The SMILES string of the molecule is Cc1[nH]c2ccc(Cl)cc2c1C1CCCCC1. The summed E-state index contributed by atoms with van der Waals surface area (Å²) in [6.45, 7) is 2.19. The third-order valence-electron chi connectivity index (χ3n) is 4.01. The maximum Gasteiger partial charge on any atom is 0.0460 e. The standard InChI is InChI=1S/C15H18ClN/c1-10-15(11-5-3-2-4-6-11)13-9-12(16)7-8-14(13)17-10/h7-9,11,17H,2-6H2,1H3. The van der Waals surface area contributed by atoms with E-state index in [1.165, 1.54) is 54.3 Å². The lowest BCUT2D eigenvalue weighted by molar-refractivity contribution is 0.444. The maximum absolute atomic E-state index is 6.12. The van der Waals surface area contributed by atoms with Crippen LogP contribution in [0.15, 0.2) is 18.2 Å². The minimum Gasteiger partial charge on any atom is -0.358 e. The highest BCUT2D eigenvalue weighted by Gasteiger charge is 2.21. The molecule has 90 valence electrons. The van der Waals surface area contributed by atoms with Crippen LogP contribution >= 0.6 is 11.6 Å². The summed E-state index contributed by atoms with van der Waals surface area (Å²) in [4.78, 5) is 3.49. The number of H-pyrrole nitrogens is 1. The van der Waals surface area contributed by atoms with Gasteiger partial charge in [0.25, 0.3) is 0 Å². The molecule has 0 spiro atoms. The second-order valence-corrected chi connectivity index (χ2v) is 5.62. The van der Waals surface area contributed by atoms with Crippen LogP contribution in [0.5, 0.6) is 0 Å². The van der Waals surface area contributed by atoms with Crippen LogP contribution < -0.4 is 0 Å². The van der Waals surface area contributed by atoms with Gasteiger partial charge in [-0.25, -0.2) is 0 Å². The lowest BCUT2D eigenvalue weighted by Crippen LogP contribution is -2.05. The Kier molecular flexibility index (Phi) is 2.87. The van der Waals surface area contributed by atoms with Crippen molar-refractivity contribution in [1.29, 1.82) is 0 Å². The predicted octanol–water partition coefficient (Wildman–Crippen LogP) is 5.18. The maximum atomic E-state index is 6.12. The molecule has 1 N–H and O–H groups in total. The molecule has 1 aromatic heterocycles. The van der Waals surface area contributed by atoms with Gasteiger partial charge >= 0.3 is 0 Å². The highest BCUT2D eigenvalue weighted by Crippen LogP contribution is 2.38. The lowest BCUT2D eigenvalue weighted by Gasteiger charge is -2.22. The predicted molar refractivity (Wildman–Crippen MR) is 73.9 cm³/mol. The van der Waals surface area contributed by atoms with Gasteiger partial charge in [0.1, 0.15) is 0 Å². The topological polar surface area (TPSA) is 15.8 Å². The Hall–Kier alpha value is -0.950. The van der Waals surface area contributed by atoms with E-state index in [1.54, 1.807) is 0 Å². The van der Waals surface area contributed by atoms with Gasteiger partial charge in [0.05, 0.1) is 0 Å². The first-order valence-corrected chi connectivity index (χ1v) is 6.91. The van der Waals surface area contributed by atoms with Gasteiger partial charge in [0.2, 0.25) is 0 Å². The summed E-state index contributed by atoms with van der Waals surface area (Å²) in [6.07, 6.45) is 6.81. The Morgan fingerprint density at radius 3 is 2.71 bits per heavy atom. The number of fused-ring (bicyclic) bond motifs is 1. The minimum atomic E-state index is 0.732. The summed E-state index contributed by atoms with van der Waals surface area (Å²) in [5.74, 6) is 0.732. The molecule has 0 amide bonds. The molecule has 0 aliphatic heterocycles. The molecule has 2 heteroatoms. The molecular weight excluding hydrogens is 230 g/mol. The Morgan fingerprint density at radius 1 is 1.18 bits per heavy atom. The van der Waals surface area contributed by atoms with Gasteiger partial charge in [-0.3, -0.25) is 0 Å². The van der Waals surface area contributed by atoms with Crippen LogP contribution in [0.1, 0.15) is 49.3 Å².